The lowest BCUT2D eigenvalue weighted by atomic mass is 10.2. The SMILES string of the molecule is COc1cc(C)nc(CNc2ccc(Cl)cc2)c1. The Balaban J connectivity index is 2.05. The third-order valence-electron chi connectivity index (χ3n) is 2.53. The molecule has 0 fully saturated rings. The van der Waals surface area contributed by atoms with Crippen molar-refractivity contribution in [1.82, 2.24) is 4.98 Å². The fourth-order valence-corrected chi connectivity index (χ4v) is 1.80. The number of methoxy groups -OCH3 is 1. The minimum Gasteiger partial charge on any atom is -0.497 e. The van der Waals surface area contributed by atoms with Crippen molar-refractivity contribution in [3.8, 4) is 5.75 Å². The fourth-order valence-electron chi connectivity index (χ4n) is 1.67. The van der Waals surface area contributed by atoms with E-state index in [1.165, 1.54) is 0 Å². The molecule has 18 heavy (non-hydrogen) atoms. The number of ether oxygens (including phenoxy) is 1. The Morgan fingerprint density at radius 2 is 1.94 bits per heavy atom. The number of halogens is 1. The van der Waals surface area contributed by atoms with Gasteiger partial charge in [-0.2, -0.15) is 0 Å². The summed E-state index contributed by atoms with van der Waals surface area (Å²) in [6.07, 6.45) is 0. The molecule has 1 aromatic heterocycles. The fraction of sp³-hybridized carbons (Fsp3) is 0.214. The Bertz CT molecular complexity index is 526. The molecule has 0 aliphatic heterocycles. The molecular formula is C14H15ClN2O. The van der Waals surface area contributed by atoms with Crippen LogP contribution in [-0.4, -0.2) is 12.1 Å². The molecular weight excluding hydrogens is 248 g/mol. The quantitative estimate of drug-likeness (QED) is 0.913. The Kier molecular flexibility index (Phi) is 4.05. The molecule has 0 atom stereocenters. The minimum atomic E-state index is 0.652. The van der Waals surface area contributed by atoms with Crippen molar-refractivity contribution in [2.45, 2.75) is 13.5 Å². The van der Waals surface area contributed by atoms with Crippen molar-refractivity contribution in [3.63, 3.8) is 0 Å². The summed E-state index contributed by atoms with van der Waals surface area (Å²) >= 11 is 5.83. The van der Waals surface area contributed by atoms with Gasteiger partial charge in [-0.25, -0.2) is 0 Å². The number of rotatable bonds is 4. The van der Waals surface area contributed by atoms with E-state index >= 15 is 0 Å². The van der Waals surface area contributed by atoms with Crippen molar-refractivity contribution < 1.29 is 4.74 Å². The number of hydrogen-bond acceptors (Lipinski definition) is 3. The van der Waals surface area contributed by atoms with Crippen LogP contribution in [0.25, 0.3) is 0 Å². The Morgan fingerprint density at radius 1 is 1.22 bits per heavy atom. The number of benzene rings is 1. The molecule has 1 heterocycles. The van der Waals surface area contributed by atoms with Gasteiger partial charge in [-0.15, -0.1) is 0 Å². The van der Waals surface area contributed by atoms with Gasteiger partial charge < -0.3 is 10.1 Å². The Hall–Kier alpha value is -1.74. The van der Waals surface area contributed by atoms with Gasteiger partial charge in [0.1, 0.15) is 5.75 Å². The van der Waals surface area contributed by atoms with Gasteiger partial charge in [0.2, 0.25) is 0 Å². The first kappa shape index (κ1) is 12.7. The molecule has 0 aliphatic rings. The van der Waals surface area contributed by atoms with Crippen LogP contribution >= 0.6 is 11.6 Å². The maximum Gasteiger partial charge on any atom is 0.122 e. The lowest BCUT2D eigenvalue weighted by Crippen LogP contribution is -2.03. The number of aryl methyl sites for hydroxylation is 1. The van der Waals surface area contributed by atoms with E-state index in [1.54, 1.807) is 7.11 Å². The maximum absolute atomic E-state index is 5.83. The van der Waals surface area contributed by atoms with Crippen LogP contribution in [0.3, 0.4) is 0 Å². The van der Waals surface area contributed by atoms with Crippen LogP contribution in [0.15, 0.2) is 36.4 Å². The first-order valence-electron chi connectivity index (χ1n) is 5.68. The predicted octanol–water partition coefficient (Wildman–Crippen LogP) is 3.66. The van der Waals surface area contributed by atoms with Gasteiger partial charge in [0, 0.05) is 28.5 Å². The molecule has 0 bridgehead atoms. The minimum absolute atomic E-state index is 0.652. The zero-order valence-corrected chi connectivity index (χ0v) is 11.2. The maximum atomic E-state index is 5.83. The number of hydrogen-bond donors (Lipinski definition) is 1. The van der Waals surface area contributed by atoms with Gasteiger partial charge in [0.05, 0.1) is 19.3 Å². The van der Waals surface area contributed by atoms with E-state index < -0.39 is 0 Å². The molecule has 0 unspecified atom stereocenters. The van der Waals surface area contributed by atoms with E-state index in [-0.39, 0.29) is 0 Å². The number of aromatic nitrogens is 1. The van der Waals surface area contributed by atoms with E-state index in [4.69, 9.17) is 16.3 Å². The van der Waals surface area contributed by atoms with Gasteiger partial charge in [0.15, 0.2) is 0 Å². The molecule has 0 radical (unpaired) electrons. The molecule has 3 nitrogen and oxygen atoms in total. The second-order valence-corrected chi connectivity index (χ2v) is 4.44. The average Bonchev–Trinajstić information content (AvgIpc) is 2.37. The smallest absolute Gasteiger partial charge is 0.122 e. The number of anilines is 1. The Morgan fingerprint density at radius 3 is 2.61 bits per heavy atom. The molecule has 0 saturated carbocycles. The van der Waals surface area contributed by atoms with E-state index in [0.717, 1.165) is 27.8 Å². The predicted molar refractivity (Wildman–Crippen MR) is 74.3 cm³/mol. The van der Waals surface area contributed by atoms with Crippen molar-refractivity contribution >= 4 is 17.3 Å². The highest BCUT2D eigenvalue weighted by atomic mass is 35.5. The summed E-state index contributed by atoms with van der Waals surface area (Å²) in [7, 11) is 1.66. The lowest BCUT2D eigenvalue weighted by Gasteiger charge is -2.08. The molecule has 1 N–H and O–H groups in total. The molecule has 1 aromatic carbocycles. The topological polar surface area (TPSA) is 34.1 Å². The summed E-state index contributed by atoms with van der Waals surface area (Å²) in [5.41, 5.74) is 2.91. The van der Waals surface area contributed by atoms with Gasteiger partial charge >= 0.3 is 0 Å². The van der Waals surface area contributed by atoms with Crippen molar-refractivity contribution in [2.24, 2.45) is 0 Å². The van der Waals surface area contributed by atoms with Gasteiger partial charge in [-0.1, -0.05) is 11.6 Å². The van der Waals surface area contributed by atoms with Crippen molar-refractivity contribution in [1.29, 1.82) is 0 Å². The van der Waals surface area contributed by atoms with Crippen LogP contribution in [-0.2, 0) is 6.54 Å². The molecule has 0 aliphatic carbocycles. The average molecular weight is 263 g/mol. The van der Waals surface area contributed by atoms with Crippen molar-refractivity contribution in [2.75, 3.05) is 12.4 Å². The monoisotopic (exact) mass is 262 g/mol. The molecule has 4 heteroatoms. The normalized spacial score (nSPS) is 10.2. The van der Waals surface area contributed by atoms with E-state index in [1.807, 2.05) is 43.3 Å². The number of pyridine rings is 1. The second kappa shape index (κ2) is 5.74. The number of nitrogens with zero attached hydrogens (tertiary/aromatic N) is 1. The van der Waals surface area contributed by atoms with Crippen LogP contribution in [0.5, 0.6) is 5.75 Å². The van der Waals surface area contributed by atoms with Gasteiger partial charge in [0.25, 0.3) is 0 Å². The summed E-state index contributed by atoms with van der Waals surface area (Å²) in [6.45, 7) is 2.61. The summed E-state index contributed by atoms with van der Waals surface area (Å²) in [6, 6.07) is 11.4. The first-order valence-corrected chi connectivity index (χ1v) is 6.06. The zero-order chi connectivity index (χ0) is 13.0. The Labute approximate surface area is 112 Å². The largest absolute Gasteiger partial charge is 0.497 e. The van der Waals surface area contributed by atoms with Crippen LogP contribution in [0.1, 0.15) is 11.4 Å². The summed E-state index contributed by atoms with van der Waals surface area (Å²) in [4.78, 5) is 4.45. The zero-order valence-electron chi connectivity index (χ0n) is 10.4. The van der Waals surface area contributed by atoms with Crippen molar-refractivity contribution in [3.05, 3.63) is 52.8 Å². The summed E-state index contributed by atoms with van der Waals surface area (Å²) < 4.78 is 5.22. The third kappa shape index (κ3) is 3.37. The van der Waals surface area contributed by atoms with Gasteiger partial charge in [-0.3, -0.25) is 4.98 Å². The van der Waals surface area contributed by atoms with Crippen LogP contribution in [0.2, 0.25) is 5.02 Å². The molecule has 0 spiro atoms. The lowest BCUT2D eigenvalue weighted by molar-refractivity contribution is 0.413. The summed E-state index contributed by atoms with van der Waals surface area (Å²) in [5.74, 6) is 0.829. The van der Waals surface area contributed by atoms with Crippen LogP contribution in [0, 0.1) is 6.92 Å². The van der Waals surface area contributed by atoms with Gasteiger partial charge in [-0.05, 0) is 31.2 Å². The molecule has 94 valence electrons. The molecule has 0 saturated heterocycles. The highest BCUT2D eigenvalue weighted by Gasteiger charge is 2.00. The standard InChI is InChI=1S/C14H15ClN2O/c1-10-7-14(18-2)8-13(17-10)9-16-12-5-3-11(15)4-6-12/h3-8,16H,9H2,1-2H3. The van der Waals surface area contributed by atoms with E-state index in [0.29, 0.717) is 6.54 Å². The highest BCUT2D eigenvalue weighted by molar-refractivity contribution is 6.30. The van der Waals surface area contributed by atoms with E-state index in [2.05, 4.69) is 10.3 Å². The first-order chi connectivity index (χ1) is 8.67. The van der Waals surface area contributed by atoms with Crippen LogP contribution in [0.4, 0.5) is 5.69 Å². The second-order valence-electron chi connectivity index (χ2n) is 4.00. The van der Waals surface area contributed by atoms with Crippen LogP contribution < -0.4 is 10.1 Å². The molecule has 2 rings (SSSR count). The summed E-state index contributed by atoms with van der Waals surface area (Å²) in [5, 5.41) is 4.02. The molecule has 2 aromatic rings. The van der Waals surface area contributed by atoms with E-state index in [9.17, 15) is 0 Å². The number of nitrogens with one attached hydrogen (secondary N) is 1. The third-order valence-corrected chi connectivity index (χ3v) is 2.79. The highest BCUT2D eigenvalue weighted by Crippen LogP contribution is 2.16. The molecule has 0 amide bonds.